The molecule has 1 aliphatic heterocycles. The molecule has 0 fully saturated rings. The summed E-state index contributed by atoms with van der Waals surface area (Å²) < 4.78 is 18.5. The largest absolute Gasteiger partial charge is 0.488 e. The number of rotatable bonds is 3. The second-order valence-corrected chi connectivity index (χ2v) is 4.38. The van der Waals surface area contributed by atoms with E-state index in [-0.39, 0.29) is 30.8 Å². The van der Waals surface area contributed by atoms with Gasteiger partial charge in [0.15, 0.2) is 0 Å². The topological polar surface area (TPSA) is 62.1 Å². The summed E-state index contributed by atoms with van der Waals surface area (Å²) in [5.41, 5.74) is 0.966. The van der Waals surface area contributed by atoms with Crippen molar-refractivity contribution in [3.05, 3.63) is 35.2 Å². The monoisotopic (exact) mass is 260 g/mol. The number of carbonyl (C=O) groups excluding carboxylic acids is 1. The lowest BCUT2D eigenvalue weighted by atomic mass is 10.1. The Bertz CT molecular complexity index is 575. The first-order chi connectivity index (χ1) is 9.10. The Kier molecular flexibility index (Phi) is 3.81. The van der Waals surface area contributed by atoms with Crippen LogP contribution in [0.15, 0.2) is 23.8 Å². The van der Waals surface area contributed by atoms with Gasteiger partial charge < -0.3 is 10.1 Å². The molecule has 1 N–H and O–H groups in total. The van der Waals surface area contributed by atoms with Gasteiger partial charge >= 0.3 is 0 Å². The predicted molar refractivity (Wildman–Crippen MR) is 67.7 cm³/mol. The van der Waals surface area contributed by atoms with Crippen molar-refractivity contribution < 1.29 is 13.9 Å². The van der Waals surface area contributed by atoms with E-state index in [1.807, 2.05) is 6.07 Å². The fourth-order valence-corrected chi connectivity index (χ4v) is 1.68. The van der Waals surface area contributed by atoms with Gasteiger partial charge in [0.05, 0.1) is 17.6 Å². The molecule has 1 amide bonds. The Morgan fingerprint density at radius 1 is 1.63 bits per heavy atom. The lowest BCUT2D eigenvalue weighted by Gasteiger charge is -2.17. The summed E-state index contributed by atoms with van der Waals surface area (Å²) in [6.45, 7) is 2.14. The van der Waals surface area contributed by atoms with E-state index in [9.17, 15) is 9.18 Å². The molecule has 0 bridgehead atoms. The lowest BCUT2D eigenvalue weighted by Crippen LogP contribution is -2.31. The summed E-state index contributed by atoms with van der Waals surface area (Å²) in [5.74, 6) is -0.363. The minimum atomic E-state index is -0.377. The van der Waals surface area contributed by atoms with Gasteiger partial charge in [-0.05, 0) is 31.2 Å². The number of amides is 1. The lowest BCUT2D eigenvalue weighted by molar-refractivity contribution is -0.117. The van der Waals surface area contributed by atoms with Gasteiger partial charge in [-0.2, -0.15) is 5.26 Å². The molecule has 0 saturated heterocycles. The van der Waals surface area contributed by atoms with E-state index in [4.69, 9.17) is 10.00 Å². The van der Waals surface area contributed by atoms with Gasteiger partial charge in [0, 0.05) is 12.1 Å². The molecule has 0 radical (unpaired) electrons. The Balaban J connectivity index is 2.10. The number of nitrogens with zero attached hydrogens (tertiary/aromatic N) is 1. The Morgan fingerprint density at radius 2 is 2.42 bits per heavy atom. The smallest absolute Gasteiger partial charge is 0.250 e. The van der Waals surface area contributed by atoms with Crippen LogP contribution in [-0.4, -0.2) is 19.1 Å². The first kappa shape index (κ1) is 13.1. The van der Waals surface area contributed by atoms with Crippen molar-refractivity contribution in [3.8, 4) is 11.8 Å². The molecule has 1 atom stereocenters. The second kappa shape index (κ2) is 5.53. The number of carbonyl (C=O) groups is 1. The van der Waals surface area contributed by atoms with E-state index in [1.165, 1.54) is 18.2 Å². The summed E-state index contributed by atoms with van der Waals surface area (Å²) in [4.78, 5) is 11.9. The van der Waals surface area contributed by atoms with Gasteiger partial charge in [-0.3, -0.25) is 4.79 Å². The molecule has 4 nitrogen and oxygen atoms in total. The third kappa shape index (κ3) is 3.10. The quantitative estimate of drug-likeness (QED) is 0.902. The second-order valence-electron chi connectivity index (χ2n) is 4.38. The molecule has 2 rings (SSSR count). The summed E-state index contributed by atoms with van der Waals surface area (Å²) in [5, 5.41) is 11.3. The maximum atomic E-state index is 13.1. The van der Waals surface area contributed by atoms with E-state index < -0.39 is 0 Å². The third-order valence-electron chi connectivity index (χ3n) is 2.77. The average Bonchev–Trinajstić information content (AvgIpc) is 2.43. The van der Waals surface area contributed by atoms with Crippen LogP contribution >= 0.6 is 0 Å². The molecule has 1 heterocycles. The number of hydrogen-bond donors (Lipinski definition) is 1. The maximum absolute atomic E-state index is 13.1. The van der Waals surface area contributed by atoms with Crippen LogP contribution in [0.3, 0.4) is 0 Å². The van der Waals surface area contributed by atoms with Crippen molar-refractivity contribution in [2.45, 2.75) is 6.92 Å². The highest BCUT2D eigenvalue weighted by Crippen LogP contribution is 2.26. The summed E-state index contributed by atoms with van der Waals surface area (Å²) in [6, 6.07) is 6.20. The summed E-state index contributed by atoms with van der Waals surface area (Å²) in [6.07, 6.45) is 1.61. The van der Waals surface area contributed by atoms with Crippen molar-refractivity contribution in [1.82, 2.24) is 5.32 Å². The molecule has 1 aromatic carbocycles. The van der Waals surface area contributed by atoms with Crippen LogP contribution in [0, 0.1) is 23.1 Å². The van der Waals surface area contributed by atoms with Gasteiger partial charge in [0.25, 0.3) is 5.91 Å². The SMILES string of the molecule is CC(C#N)CNC(=O)C1=Cc2cc(F)ccc2OC1. The highest BCUT2D eigenvalue weighted by atomic mass is 19.1. The molecule has 1 unspecified atom stereocenters. The molecule has 19 heavy (non-hydrogen) atoms. The molecule has 0 aromatic heterocycles. The van der Waals surface area contributed by atoms with Gasteiger partial charge in [-0.1, -0.05) is 0 Å². The molecular weight excluding hydrogens is 247 g/mol. The zero-order valence-electron chi connectivity index (χ0n) is 10.4. The van der Waals surface area contributed by atoms with E-state index >= 15 is 0 Å². The van der Waals surface area contributed by atoms with Crippen molar-refractivity contribution in [2.24, 2.45) is 5.92 Å². The molecular formula is C14H13FN2O2. The molecule has 5 heteroatoms. The van der Waals surface area contributed by atoms with Crippen LogP contribution in [0.5, 0.6) is 5.75 Å². The maximum Gasteiger partial charge on any atom is 0.250 e. The van der Waals surface area contributed by atoms with Crippen LogP contribution in [0.4, 0.5) is 4.39 Å². The fraction of sp³-hybridized carbons (Fsp3) is 0.286. The Hall–Kier alpha value is -2.35. The first-order valence-corrected chi connectivity index (χ1v) is 5.91. The highest BCUT2D eigenvalue weighted by Gasteiger charge is 2.17. The van der Waals surface area contributed by atoms with E-state index in [2.05, 4.69) is 5.32 Å². The molecule has 0 saturated carbocycles. The van der Waals surface area contributed by atoms with E-state index in [0.29, 0.717) is 16.9 Å². The van der Waals surface area contributed by atoms with Crippen molar-refractivity contribution >= 4 is 12.0 Å². The van der Waals surface area contributed by atoms with Crippen LogP contribution in [-0.2, 0) is 4.79 Å². The van der Waals surface area contributed by atoms with Gasteiger partial charge in [-0.15, -0.1) is 0 Å². The van der Waals surface area contributed by atoms with Crippen LogP contribution in [0.2, 0.25) is 0 Å². The standard InChI is InChI=1S/C14H13FN2O2/c1-9(6-16)7-17-14(18)11-4-10-5-12(15)2-3-13(10)19-8-11/h2-5,9H,7-8H2,1H3,(H,17,18). The average molecular weight is 260 g/mol. The fourth-order valence-electron chi connectivity index (χ4n) is 1.68. The van der Waals surface area contributed by atoms with Gasteiger partial charge in [0.1, 0.15) is 18.2 Å². The normalized spacial score (nSPS) is 14.5. The number of hydrogen-bond acceptors (Lipinski definition) is 3. The predicted octanol–water partition coefficient (Wildman–Crippen LogP) is 1.88. The zero-order chi connectivity index (χ0) is 13.8. The number of halogens is 1. The van der Waals surface area contributed by atoms with Crippen molar-refractivity contribution in [1.29, 1.82) is 5.26 Å². The minimum Gasteiger partial charge on any atom is -0.488 e. The van der Waals surface area contributed by atoms with Gasteiger partial charge in [0.2, 0.25) is 0 Å². The minimum absolute atomic E-state index is 0.144. The number of nitriles is 1. The first-order valence-electron chi connectivity index (χ1n) is 5.91. The molecule has 98 valence electrons. The molecule has 0 spiro atoms. The number of benzene rings is 1. The van der Waals surface area contributed by atoms with Crippen LogP contribution < -0.4 is 10.1 Å². The third-order valence-corrected chi connectivity index (χ3v) is 2.77. The summed E-state index contributed by atoms with van der Waals surface area (Å²) >= 11 is 0. The number of nitrogens with one attached hydrogen (secondary N) is 1. The molecule has 1 aliphatic rings. The zero-order valence-corrected chi connectivity index (χ0v) is 10.4. The van der Waals surface area contributed by atoms with Crippen molar-refractivity contribution in [3.63, 3.8) is 0 Å². The highest BCUT2D eigenvalue weighted by molar-refractivity contribution is 5.99. The Morgan fingerprint density at radius 3 is 3.16 bits per heavy atom. The number of ether oxygens (including phenoxy) is 1. The van der Waals surface area contributed by atoms with E-state index in [0.717, 1.165) is 0 Å². The molecule has 1 aromatic rings. The van der Waals surface area contributed by atoms with E-state index in [1.54, 1.807) is 13.0 Å². The van der Waals surface area contributed by atoms with Gasteiger partial charge in [-0.25, -0.2) is 4.39 Å². The number of fused-ring (bicyclic) bond motifs is 1. The molecule has 0 aliphatic carbocycles. The van der Waals surface area contributed by atoms with Crippen LogP contribution in [0.1, 0.15) is 12.5 Å². The summed E-state index contributed by atoms with van der Waals surface area (Å²) in [7, 11) is 0. The Labute approximate surface area is 110 Å². The van der Waals surface area contributed by atoms with Crippen molar-refractivity contribution in [2.75, 3.05) is 13.2 Å². The van der Waals surface area contributed by atoms with Crippen LogP contribution in [0.25, 0.3) is 6.08 Å².